The van der Waals surface area contributed by atoms with Gasteiger partial charge in [-0.25, -0.2) is 9.18 Å². The molecule has 0 aromatic rings. The highest BCUT2D eigenvalue weighted by molar-refractivity contribution is 5.66. The fourth-order valence-corrected chi connectivity index (χ4v) is 0.221. The normalized spacial score (nSPS) is 12.4. The number of nitrogens with one attached hydrogen (secondary N) is 1. The van der Waals surface area contributed by atoms with Crippen molar-refractivity contribution in [3.63, 3.8) is 0 Å². The summed E-state index contributed by atoms with van der Waals surface area (Å²) in [6.45, 7) is 1.21. The lowest BCUT2D eigenvalue weighted by Crippen LogP contribution is -2.28. The molecule has 1 unspecified atom stereocenters. The zero-order valence-electron chi connectivity index (χ0n) is 4.77. The van der Waals surface area contributed by atoms with Gasteiger partial charge in [-0.2, -0.15) is 0 Å². The Kier molecular flexibility index (Phi) is 2.91. The maximum absolute atomic E-state index is 11.7. The number of hydrogen-bond acceptors (Lipinski definition) is 2. The summed E-state index contributed by atoms with van der Waals surface area (Å²) < 4.78 is 15.8. The lowest BCUT2D eigenvalue weighted by atomic mass is 10.7. The van der Waals surface area contributed by atoms with Crippen molar-refractivity contribution >= 4 is 6.09 Å². The molecular weight excluding hydrogens is 113 g/mol. The van der Waals surface area contributed by atoms with E-state index in [0.717, 1.165) is 0 Å². The molecule has 0 aromatic carbocycles. The molecule has 0 rings (SSSR count). The van der Waals surface area contributed by atoms with Crippen LogP contribution in [0.15, 0.2) is 0 Å². The topological polar surface area (TPSA) is 38.3 Å². The summed E-state index contributed by atoms with van der Waals surface area (Å²) in [5.74, 6) is 0. The number of rotatable bonds is 1. The molecule has 0 fully saturated rings. The Hall–Kier alpha value is -0.800. The first-order chi connectivity index (χ1) is 3.66. The standard InChI is InChI=1S/C4H8FNO2/c1-3(5)6-4(7)8-2/h3H,1-2H3,(H,6,7). The Morgan fingerprint density at radius 2 is 2.38 bits per heavy atom. The summed E-state index contributed by atoms with van der Waals surface area (Å²) in [5, 5.41) is 1.86. The first-order valence-electron chi connectivity index (χ1n) is 2.15. The molecule has 1 atom stereocenters. The molecule has 0 saturated heterocycles. The van der Waals surface area contributed by atoms with Crippen molar-refractivity contribution < 1.29 is 13.9 Å². The number of alkyl carbamates (subject to hydrolysis) is 1. The number of alkyl halides is 1. The van der Waals surface area contributed by atoms with Gasteiger partial charge in [0.05, 0.1) is 7.11 Å². The molecule has 0 spiro atoms. The second kappa shape index (κ2) is 3.23. The van der Waals surface area contributed by atoms with Crippen molar-refractivity contribution in [2.24, 2.45) is 0 Å². The van der Waals surface area contributed by atoms with Crippen molar-refractivity contribution in [2.45, 2.75) is 13.2 Å². The number of ether oxygens (including phenoxy) is 1. The fraction of sp³-hybridized carbons (Fsp3) is 0.750. The summed E-state index contributed by atoms with van der Waals surface area (Å²) in [5.41, 5.74) is 0. The van der Waals surface area contributed by atoms with Crippen molar-refractivity contribution in [1.82, 2.24) is 5.32 Å². The van der Waals surface area contributed by atoms with E-state index < -0.39 is 12.4 Å². The van der Waals surface area contributed by atoms with E-state index in [1.807, 2.05) is 5.32 Å². The van der Waals surface area contributed by atoms with Crippen molar-refractivity contribution in [3.05, 3.63) is 0 Å². The maximum atomic E-state index is 11.7. The summed E-state index contributed by atoms with van der Waals surface area (Å²) in [7, 11) is 1.18. The second-order valence-corrected chi connectivity index (χ2v) is 1.25. The number of methoxy groups -OCH3 is 1. The monoisotopic (exact) mass is 121 g/mol. The zero-order chi connectivity index (χ0) is 6.57. The third-order valence-corrected chi connectivity index (χ3v) is 0.502. The van der Waals surface area contributed by atoms with Gasteiger partial charge in [-0.15, -0.1) is 0 Å². The molecule has 4 heteroatoms. The van der Waals surface area contributed by atoms with Crippen LogP contribution in [0, 0.1) is 0 Å². The van der Waals surface area contributed by atoms with Gasteiger partial charge in [0, 0.05) is 0 Å². The van der Waals surface area contributed by atoms with Gasteiger partial charge in [-0.1, -0.05) is 0 Å². The fourth-order valence-electron chi connectivity index (χ4n) is 0.221. The Bertz CT molecular complexity index is 84.1. The molecule has 0 aromatic heterocycles. The molecule has 48 valence electrons. The minimum Gasteiger partial charge on any atom is -0.453 e. The molecule has 1 amide bonds. The van der Waals surface area contributed by atoms with Gasteiger partial charge in [0.15, 0.2) is 6.30 Å². The summed E-state index contributed by atoms with van der Waals surface area (Å²) >= 11 is 0. The third-order valence-electron chi connectivity index (χ3n) is 0.502. The van der Waals surface area contributed by atoms with Crippen LogP contribution in [0.2, 0.25) is 0 Å². The van der Waals surface area contributed by atoms with Crippen LogP contribution in [0.4, 0.5) is 9.18 Å². The first-order valence-corrected chi connectivity index (χ1v) is 2.15. The Balaban J connectivity index is 3.25. The first kappa shape index (κ1) is 7.20. The van der Waals surface area contributed by atoms with Gasteiger partial charge >= 0.3 is 6.09 Å². The number of carbonyl (C=O) groups excluding carboxylic acids is 1. The lowest BCUT2D eigenvalue weighted by Gasteiger charge is -2.01. The summed E-state index contributed by atoms with van der Waals surface area (Å²) in [6.07, 6.45) is -2.09. The van der Waals surface area contributed by atoms with Crippen LogP contribution in [0.1, 0.15) is 6.92 Å². The van der Waals surface area contributed by atoms with E-state index in [0.29, 0.717) is 0 Å². The van der Waals surface area contributed by atoms with E-state index in [-0.39, 0.29) is 0 Å². The molecule has 0 heterocycles. The van der Waals surface area contributed by atoms with Crippen LogP contribution in [0.25, 0.3) is 0 Å². The molecular formula is C4H8FNO2. The Morgan fingerprint density at radius 3 is 2.50 bits per heavy atom. The minimum absolute atomic E-state index is 0.750. The summed E-state index contributed by atoms with van der Waals surface area (Å²) in [4.78, 5) is 10.0. The molecule has 0 aliphatic heterocycles. The van der Waals surface area contributed by atoms with E-state index in [9.17, 15) is 9.18 Å². The summed E-state index contributed by atoms with van der Waals surface area (Å²) in [6, 6.07) is 0. The van der Waals surface area contributed by atoms with Crippen LogP contribution >= 0.6 is 0 Å². The highest BCUT2D eigenvalue weighted by atomic mass is 19.1. The van der Waals surface area contributed by atoms with Crippen LogP contribution in [0.5, 0.6) is 0 Å². The number of hydrogen-bond donors (Lipinski definition) is 1. The van der Waals surface area contributed by atoms with E-state index >= 15 is 0 Å². The minimum atomic E-state index is -1.34. The van der Waals surface area contributed by atoms with Crippen molar-refractivity contribution in [2.75, 3.05) is 7.11 Å². The highest BCUT2D eigenvalue weighted by Gasteiger charge is 2.01. The molecule has 0 aliphatic carbocycles. The van der Waals surface area contributed by atoms with Gasteiger partial charge in [0.1, 0.15) is 0 Å². The SMILES string of the molecule is COC(=O)NC(C)F. The van der Waals surface area contributed by atoms with Crippen LogP contribution in [-0.4, -0.2) is 19.5 Å². The molecule has 0 saturated carbocycles. The van der Waals surface area contributed by atoms with Crippen molar-refractivity contribution in [3.8, 4) is 0 Å². The van der Waals surface area contributed by atoms with Crippen molar-refractivity contribution in [1.29, 1.82) is 0 Å². The average molecular weight is 121 g/mol. The van der Waals surface area contributed by atoms with Gasteiger partial charge in [0.2, 0.25) is 0 Å². The second-order valence-electron chi connectivity index (χ2n) is 1.25. The number of carbonyl (C=O) groups is 1. The quantitative estimate of drug-likeness (QED) is 0.517. The van der Waals surface area contributed by atoms with E-state index in [1.165, 1.54) is 14.0 Å². The Labute approximate surface area is 46.8 Å². The lowest BCUT2D eigenvalue weighted by molar-refractivity contribution is 0.155. The maximum Gasteiger partial charge on any atom is 0.409 e. The van der Waals surface area contributed by atoms with E-state index in [1.54, 1.807) is 0 Å². The van der Waals surface area contributed by atoms with E-state index in [2.05, 4.69) is 4.74 Å². The molecule has 0 radical (unpaired) electrons. The third kappa shape index (κ3) is 3.39. The average Bonchev–Trinajstić information content (AvgIpc) is 1.65. The van der Waals surface area contributed by atoms with Gasteiger partial charge in [0.25, 0.3) is 0 Å². The van der Waals surface area contributed by atoms with Crippen LogP contribution < -0.4 is 5.32 Å². The van der Waals surface area contributed by atoms with Crippen LogP contribution in [-0.2, 0) is 4.74 Å². The smallest absolute Gasteiger partial charge is 0.409 e. The van der Waals surface area contributed by atoms with Crippen LogP contribution in [0.3, 0.4) is 0 Å². The van der Waals surface area contributed by atoms with Gasteiger partial charge in [-0.05, 0) is 6.92 Å². The molecule has 0 aliphatic rings. The predicted octanol–water partition coefficient (Wildman–Crippen LogP) is 0.658. The molecule has 8 heavy (non-hydrogen) atoms. The van der Waals surface area contributed by atoms with E-state index in [4.69, 9.17) is 0 Å². The molecule has 0 bridgehead atoms. The number of halogens is 1. The van der Waals surface area contributed by atoms with Gasteiger partial charge < -0.3 is 4.74 Å². The number of amides is 1. The largest absolute Gasteiger partial charge is 0.453 e. The van der Waals surface area contributed by atoms with Gasteiger partial charge in [-0.3, -0.25) is 5.32 Å². The molecule has 3 nitrogen and oxygen atoms in total. The molecule has 1 N–H and O–H groups in total. The predicted molar refractivity (Wildman–Crippen MR) is 26.1 cm³/mol. The Morgan fingerprint density at radius 1 is 1.88 bits per heavy atom. The highest BCUT2D eigenvalue weighted by Crippen LogP contribution is 1.80. The zero-order valence-corrected chi connectivity index (χ0v) is 4.77.